The summed E-state index contributed by atoms with van der Waals surface area (Å²) in [4.78, 5) is 14.2. The molecule has 0 bridgehead atoms. The van der Waals surface area contributed by atoms with Gasteiger partial charge in [-0.2, -0.15) is 0 Å². The third-order valence-corrected chi connectivity index (χ3v) is 3.73. The van der Waals surface area contributed by atoms with E-state index in [0.717, 1.165) is 18.6 Å². The van der Waals surface area contributed by atoms with Crippen LogP contribution in [0, 0.1) is 5.92 Å². The summed E-state index contributed by atoms with van der Waals surface area (Å²) < 4.78 is 5.36. The monoisotopic (exact) mass is 291 g/mol. The predicted molar refractivity (Wildman–Crippen MR) is 79.6 cm³/mol. The molecule has 6 heteroatoms. The van der Waals surface area contributed by atoms with Crippen molar-refractivity contribution in [3.63, 3.8) is 0 Å². The molecule has 0 aliphatic carbocycles. The number of benzene rings is 1. The molecule has 1 aromatic carbocycles. The number of piperidine rings is 1. The third-order valence-electron chi connectivity index (χ3n) is 3.73. The fourth-order valence-electron chi connectivity index (χ4n) is 2.50. The average Bonchev–Trinajstić information content (AvgIpc) is 2.54. The van der Waals surface area contributed by atoms with E-state index in [1.807, 2.05) is 6.92 Å². The topological polar surface area (TPSA) is 88.2 Å². The van der Waals surface area contributed by atoms with E-state index in [4.69, 9.17) is 15.7 Å². The molecule has 0 unspecified atom stereocenters. The number of amidine groups is 1. The number of rotatable bonds is 4. The standard InChI is InChI=1S/C15H21N3O3/c1-2-21-13-5-3-12(4-6-13)15(19)18-9-7-11(8-10-18)14(16)17-20/h3-6,11,20H,2,7-10H2,1H3,(H2,16,17). The molecule has 1 aliphatic heterocycles. The fourth-order valence-corrected chi connectivity index (χ4v) is 2.50. The summed E-state index contributed by atoms with van der Waals surface area (Å²) in [5, 5.41) is 11.7. The maximum Gasteiger partial charge on any atom is 0.253 e. The zero-order valence-corrected chi connectivity index (χ0v) is 12.2. The van der Waals surface area contributed by atoms with Gasteiger partial charge in [0.2, 0.25) is 0 Å². The van der Waals surface area contributed by atoms with E-state index in [1.54, 1.807) is 29.2 Å². The van der Waals surface area contributed by atoms with Gasteiger partial charge < -0.3 is 20.6 Å². The van der Waals surface area contributed by atoms with Crippen LogP contribution >= 0.6 is 0 Å². The Morgan fingerprint density at radius 3 is 2.52 bits per heavy atom. The third kappa shape index (κ3) is 3.65. The van der Waals surface area contributed by atoms with Gasteiger partial charge in [-0.1, -0.05) is 5.16 Å². The number of nitrogens with zero attached hydrogens (tertiary/aromatic N) is 2. The first-order chi connectivity index (χ1) is 10.2. The number of carbonyl (C=O) groups excluding carboxylic acids is 1. The molecule has 1 saturated heterocycles. The van der Waals surface area contributed by atoms with Gasteiger partial charge in [-0.15, -0.1) is 0 Å². The highest BCUT2D eigenvalue weighted by molar-refractivity contribution is 5.94. The van der Waals surface area contributed by atoms with E-state index < -0.39 is 0 Å². The second-order valence-corrected chi connectivity index (χ2v) is 5.05. The Balaban J connectivity index is 1.95. The van der Waals surface area contributed by atoms with Crippen LogP contribution in [0.1, 0.15) is 30.1 Å². The smallest absolute Gasteiger partial charge is 0.253 e. The molecule has 1 fully saturated rings. The maximum atomic E-state index is 12.4. The van der Waals surface area contributed by atoms with Crippen LogP contribution in [0.2, 0.25) is 0 Å². The largest absolute Gasteiger partial charge is 0.494 e. The van der Waals surface area contributed by atoms with Crippen molar-refractivity contribution >= 4 is 11.7 Å². The van der Waals surface area contributed by atoms with Crippen LogP contribution in [0.3, 0.4) is 0 Å². The number of carbonyl (C=O) groups is 1. The van der Waals surface area contributed by atoms with Crippen molar-refractivity contribution < 1.29 is 14.7 Å². The van der Waals surface area contributed by atoms with Crippen molar-refractivity contribution in [2.75, 3.05) is 19.7 Å². The minimum Gasteiger partial charge on any atom is -0.494 e. The van der Waals surface area contributed by atoms with Crippen LogP contribution in [0.25, 0.3) is 0 Å². The average molecular weight is 291 g/mol. The van der Waals surface area contributed by atoms with Crippen LogP contribution in [-0.4, -0.2) is 41.5 Å². The summed E-state index contributed by atoms with van der Waals surface area (Å²) in [6.45, 7) is 3.76. The first kappa shape index (κ1) is 15.2. The molecule has 6 nitrogen and oxygen atoms in total. The van der Waals surface area contributed by atoms with Crippen LogP contribution in [-0.2, 0) is 0 Å². The molecular formula is C15H21N3O3. The number of hydrogen-bond donors (Lipinski definition) is 2. The molecule has 0 spiro atoms. The van der Waals surface area contributed by atoms with Gasteiger partial charge in [0.15, 0.2) is 0 Å². The highest BCUT2D eigenvalue weighted by atomic mass is 16.5. The summed E-state index contributed by atoms with van der Waals surface area (Å²) >= 11 is 0. The second-order valence-electron chi connectivity index (χ2n) is 5.05. The lowest BCUT2D eigenvalue weighted by Gasteiger charge is -2.31. The molecule has 0 aromatic heterocycles. The first-order valence-electron chi connectivity index (χ1n) is 7.15. The van der Waals surface area contributed by atoms with Gasteiger partial charge in [-0.3, -0.25) is 4.79 Å². The van der Waals surface area contributed by atoms with Crippen LogP contribution < -0.4 is 10.5 Å². The maximum absolute atomic E-state index is 12.4. The van der Waals surface area contributed by atoms with Gasteiger partial charge in [0.1, 0.15) is 11.6 Å². The summed E-state index contributed by atoms with van der Waals surface area (Å²) in [5.74, 6) is 1.08. The van der Waals surface area contributed by atoms with Crippen LogP contribution in [0.4, 0.5) is 0 Å². The first-order valence-corrected chi connectivity index (χ1v) is 7.15. The Bertz CT molecular complexity index is 505. The molecule has 3 N–H and O–H groups in total. The highest BCUT2D eigenvalue weighted by Crippen LogP contribution is 2.20. The highest BCUT2D eigenvalue weighted by Gasteiger charge is 2.25. The van der Waals surface area contributed by atoms with E-state index in [1.165, 1.54) is 0 Å². The molecule has 1 aromatic rings. The van der Waals surface area contributed by atoms with Crippen molar-refractivity contribution in [1.82, 2.24) is 4.90 Å². The summed E-state index contributed by atoms with van der Waals surface area (Å²) in [6.07, 6.45) is 1.44. The number of nitrogens with two attached hydrogens (primary N) is 1. The molecule has 0 saturated carbocycles. The van der Waals surface area contributed by atoms with Crippen molar-refractivity contribution in [3.8, 4) is 5.75 Å². The van der Waals surface area contributed by atoms with E-state index in [-0.39, 0.29) is 17.7 Å². The van der Waals surface area contributed by atoms with Gasteiger partial charge in [0, 0.05) is 24.6 Å². The van der Waals surface area contributed by atoms with Gasteiger partial charge in [0.25, 0.3) is 5.91 Å². The van der Waals surface area contributed by atoms with E-state index >= 15 is 0 Å². The number of hydrogen-bond acceptors (Lipinski definition) is 4. The SMILES string of the molecule is CCOc1ccc(C(=O)N2CCC(C(N)=NO)CC2)cc1. The van der Waals surface area contributed by atoms with Gasteiger partial charge in [-0.25, -0.2) is 0 Å². The van der Waals surface area contributed by atoms with Gasteiger partial charge in [0.05, 0.1) is 6.61 Å². The minimum absolute atomic E-state index is 0.0102. The van der Waals surface area contributed by atoms with E-state index in [0.29, 0.717) is 25.3 Å². The van der Waals surface area contributed by atoms with Gasteiger partial charge >= 0.3 is 0 Å². The van der Waals surface area contributed by atoms with Crippen molar-refractivity contribution in [1.29, 1.82) is 0 Å². The molecule has 1 aliphatic rings. The lowest BCUT2D eigenvalue weighted by molar-refractivity contribution is 0.0709. The molecule has 2 rings (SSSR count). The number of amides is 1. The summed E-state index contributed by atoms with van der Waals surface area (Å²) in [6, 6.07) is 7.17. The predicted octanol–water partition coefficient (Wildman–Crippen LogP) is 1.68. The minimum atomic E-state index is 0.0102. The lowest BCUT2D eigenvalue weighted by Crippen LogP contribution is -2.41. The molecular weight excluding hydrogens is 270 g/mol. The second kappa shape index (κ2) is 6.97. The van der Waals surface area contributed by atoms with Crippen molar-refractivity contribution in [2.45, 2.75) is 19.8 Å². The molecule has 1 amide bonds. The number of oxime groups is 1. The van der Waals surface area contributed by atoms with E-state index in [2.05, 4.69) is 5.16 Å². The van der Waals surface area contributed by atoms with Crippen molar-refractivity contribution in [2.24, 2.45) is 16.8 Å². The molecule has 114 valence electrons. The van der Waals surface area contributed by atoms with Gasteiger partial charge in [-0.05, 0) is 44.0 Å². The number of ether oxygens (including phenoxy) is 1. The Labute approximate surface area is 124 Å². The fraction of sp³-hybridized carbons (Fsp3) is 0.467. The Morgan fingerprint density at radius 2 is 2.00 bits per heavy atom. The van der Waals surface area contributed by atoms with Crippen molar-refractivity contribution in [3.05, 3.63) is 29.8 Å². The Hall–Kier alpha value is -2.24. The molecule has 0 atom stereocenters. The molecule has 0 radical (unpaired) electrons. The lowest BCUT2D eigenvalue weighted by atomic mass is 9.95. The van der Waals surface area contributed by atoms with Crippen LogP contribution in [0.15, 0.2) is 29.4 Å². The van der Waals surface area contributed by atoms with E-state index in [9.17, 15) is 4.79 Å². The normalized spacial score (nSPS) is 16.8. The molecule has 1 heterocycles. The number of likely N-dealkylation sites (tertiary alicyclic amines) is 1. The van der Waals surface area contributed by atoms with Crippen LogP contribution in [0.5, 0.6) is 5.75 Å². The Morgan fingerprint density at radius 1 is 1.38 bits per heavy atom. The molecule has 21 heavy (non-hydrogen) atoms. The Kier molecular flexibility index (Phi) is 5.03. The summed E-state index contributed by atoms with van der Waals surface area (Å²) in [7, 11) is 0. The zero-order chi connectivity index (χ0) is 15.2. The summed E-state index contributed by atoms with van der Waals surface area (Å²) in [5.41, 5.74) is 6.26. The zero-order valence-electron chi connectivity index (χ0n) is 12.2. The quantitative estimate of drug-likeness (QED) is 0.382.